The smallest absolute Gasteiger partial charge is 0.289 e. The quantitative estimate of drug-likeness (QED) is 0.407. The van der Waals surface area contributed by atoms with Gasteiger partial charge in [-0.25, -0.2) is 21.6 Å². The molecular formula is C9H13N3O6S2. The summed E-state index contributed by atoms with van der Waals surface area (Å²) in [6.45, 7) is -0.382. The summed E-state index contributed by atoms with van der Waals surface area (Å²) in [5.41, 5.74) is 4.82. The molecule has 20 heavy (non-hydrogen) atoms. The maximum Gasteiger partial charge on any atom is 0.289 e. The van der Waals surface area contributed by atoms with Crippen molar-refractivity contribution in [2.24, 2.45) is 0 Å². The van der Waals surface area contributed by atoms with E-state index in [1.54, 1.807) is 0 Å². The van der Waals surface area contributed by atoms with Crippen molar-refractivity contribution in [1.82, 2.24) is 4.72 Å². The van der Waals surface area contributed by atoms with E-state index in [9.17, 15) is 26.9 Å². The Hall–Kier alpha value is -1.72. The third-order valence-electron chi connectivity index (χ3n) is 2.24. The summed E-state index contributed by atoms with van der Waals surface area (Å²) in [5.74, 6) is -0.414. The SMILES string of the molecule is CS(=O)(=O)CCNS(=O)(=O)c1cc(N)ccc1[N+](=O)[O-]. The van der Waals surface area contributed by atoms with Gasteiger partial charge in [0.25, 0.3) is 5.69 Å². The first-order chi connectivity index (χ1) is 9.03. The number of nitro groups is 1. The number of nitrogens with one attached hydrogen (secondary N) is 1. The van der Waals surface area contributed by atoms with E-state index in [2.05, 4.69) is 0 Å². The molecule has 0 saturated carbocycles. The van der Waals surface area contributed by atoms with Crippen LogP contribution in [0.15, 0.2) is 23.1 Å². The van der Waals surface area contributed by atoms with Gasteiger partial charge in [-0.2, -0.15) is 0 Å². The molecule has 0 aromatic heterocycles. The molecule has 0 amide bonds. The Labute approximate surface area is 115 Å². The lowest BCUT2D eigenvalue weighted by atomic mass is 10.3. The molecule has 0 aliphatic heterocycles. The fourth-order valence-corrected chi connectivity index (χ4v) is 3.17. The van der Waals surface area contributed by atoms with E-state index in [-0.39, 0.29) is 12.2 Å². The summed E-state index contributed by atoms with van der Waals surface area (Å²) in [7, 11) is -7.57. The van der Waals surface area contributed by atoms with E-state index in [0.717, 1.165) is 18.4 Å². The van der Waals surface area contributed by atoms with Crippen LogP contribution in [-0.4, -0.2) is 40.3 Å². The zero-order chi connectivity index (χ0) is 15.6. The van der Waals surface area contributed by atoms with Crippen molar-refractivity contribution in [1.29, 1.82) is 0 Å². The molecule has 0 fully saturated rings. The number of nitrogen functional groups attached to an aromatic ring is 1. The van der Waals surface area contributed by atoms with E-state index in [4.69, 9.17) is 5.73 Å². The minimum atomic E-state index is -4.22. The molecule has 11 heteroatoms. The van der Waals surface area contributed by atoms with E-state index >= 15 is 0 Å². The second-order valence-corrected chi connectivity index (χ2v) is 8.01. The molecule has 0 unspecified atom stereocenters. The molecular weight excluding hydrogens is 310 g/mol. The zero-order valence-corrected chi connectivity index (χ0v) is 12.1. The van der Waals surface area contributed by atoms with Gasteiger partial charge >= 0.3 is 0 Å². The lowest BCUT2D eigenvalue weighted by molar-refractivity contribution is -0.387. The van der Waals surface area contributed by atoms with E-state index in [0.29, 0.717) is 0 Å². The van der Waals surface area contributed by atoms with Crippen LogP contribution in [-0.2, 0) is 19.9 Å². The molecule has 3 N–H and O–H groups in total. The highest BCUT2D eigenvalue weighted by Crippen LogP contribution is 2.25. The second kappa shape index (κ2) is 5.73. The Morgan fingerprint density at radius 3 is 2.40 bits per heavy atom. The highest BCUT2D eigenvalue weighted by molar-refractivity contribution is 7.91. The van der Waals surface area contributed by atoms with Crippen molar-refractivity contribution in [2.75, 3.05) is 24.3 Å². The first-order valence-electron chi connectivity index (χ1n) is 5.24. The number of sulfonamides is 1. The van der Waals surface area contributed by atoms with Crippen molar-refractivity contribution >= 4 is 31.2 Å². The Morgan fingerprint density at radius 1 is 1.30 bits per heavy atom. The Morgan fingerprint density at radius 2 is 1.90 bits per heavy atom. The standard InChI is InChI=1S/C9H13N3O6S2/c1-19(15,16)5-4-11-20(17,18)9-6-7(10)2-3-8(9)12(13)14/h2-3,6,11H,4-5,10H2,1H3. The van der Waals surface area contributed by atoms with Crippen LogP contribution in [0.25, 0.3) is 0 Å². The topological polar surface area (TPSA) is 149 Å². The zero-order valence-electron chi connectivity index (χ0n) is 10.4. The van der Waals surface area contributed by atoms with Crippen molar-refractivity contribution in [2.45, 2.75) is 4.90 Å². The summed E-state index contributed by atoms with van der Waals surface area (Å²) < 4.78 is 47.7. The normalized spacial score (nSPS) is 12.2. The second-order valence-electron chi connectivity index (χ2n) is 4.01. The molecule has 0 atom stereocenters. The highest BCUT2D eigenvalue weighted by atomic mass is 32.2. The van der Waals surface area contributed by atoms with Crippen molar-refractivity contribution in [3.8, 4) is 0 Å². The molecule has 0 spiro atoms. The number of rotatable bonds is 6. The molecule has 0 aliphatic rings. The number of nitro benzene ring substituents is 1. The average Bonchev–Trinajstić information content (AvgIpc) is 2.26. The van der Waals surface area contributed by atoms with Crippen molar-refractivity contribution in [3.63, 3.8) is 0 Å². The summed E-state index contributed by atoms with van der Waals surface area (Å²) in [6, 6.07) is 3.12. The maximum atomic E-state index is 11.9. The molecule has 1 rings (SSSR count). The van der Waals surface area contributed by atoms with Crippen LogP contribution in [0.4, 0.5) is 11.4 Å². The summed E-state index contributed by atoms with van der Waals surface area (Å²) in [4.78, 5) is 9.33. The number of hydrogen-bond donors (Lipinski definition) is 2. The van der Waals surface area contributed by atoms with Crippen LogP contribution in [0.3, 0.4) is 0 Å². The van der Waals surface area contributed by atoms with Gasteiger partial charge in [0.1, 0.15) is 9.84 Å². The molecule has 0 aliphatic carbocycles. The third-order valence-corrected chi connectivity index (χ3v) is 4.67. The third kappa shape index (κ3) is 4.43. The number of benzene rings is 1. The molecule has 1 aromatic rings. The summed E-state index contributed by atoms with van der Waals surface area (Å²) in [5, 5.41) is 10.8. The monoisotopic (exact) mass is 323 g/mol. The summed E-state index contributed by atoms with van der Waals surface area (Å²) in [6.07, 6.45) is 0.949. The maximum absolute atomic E-state index is 11.9. The van der Waals surface area contributed by atoms with Gasteiger partial charge in [0, 0.05) is 24.6 Å². The molecule has 9 nitrogen and oxygen atoms in total. The van der Waals surface area contributed by atoms with E-state index < -0.39 is 41.1 Å². The molecule has 0 bridgehead atoms. The Bertz CT molecular complexity index is 726. The van der Waals surface area contributed by atoms with Crippen LogP contribution in [0.1, 0.15) is 0 Å². The molecule has 112 valence electrons. The van der Waals surface area contributed by atoms with Gasteiger partial charge in [-0.15, -0.1) is 0 Å². The van der Waals surface area contributed by atoms with Gasteiger partial charge in [-0.1, -0.05) is 0 Å². The first kappa shape index (κ1) is 16.3. The van der Waals surface area contributed by atoms with Crippen LogP contribution in [0.5, 0.6) is 0 Å². The Balaban J connectivity index is 3.09. The lowest BCUT2D eigenvalue weighted by Gasteiger charge is -2.07. The van der Waals surface area contributed by atoms with Gasteiger partial charge in [-0.05, 0) is 12.1 Å². The first-order valence-corrected chi connectivity index (χ1v) is 8.78. The fraction of sp³-hybridized carbons (Fsp3) is 0.333. The van der Waals surface area contributed by atoms with Crippen LogP contribution in [0.2, 0.25) is 0 Å². The predicted molar refractivity (Wildman–Crippen MR) is 72.4 cm³/mol. The van der Waals surface area contributed by atoms with Crippen LogP contribution >= 0.6 is 0 Å². The van der Waals surface area contributed by atoms with Gasteiger partial charge in [0.2, 0.25) is 10.0 Å². The average molecular weight is 323 g/mol. The summed E-state index contributed by atoms with van der Waals surface area (Å²) >= 11 is 0. The molecule has 0 heterocycles. The van der Waals surface area contributed by atoms with Crippen molar-refractivity contribution in [3.05, 3.63) is 28.3 Å². The minimum absolute atomic E-state index is 0.0408. The number of nitrogens with two attached hydrogens (primary N) is 1. The number of hydrogen-bond acceptors (Lipinski definition) is 7. The molecule has 0 saturated heterocycles. The largest absolute Gasteiger partial charge is 0.399 e. The van der Waals surface area contributed by atoms with Gasteiger partial charge < -0.3 is 5.73 Å². The lowest BCUT2D eigenvalue weighted by Crippen LogP contribution is -2.29. The van der Waals surface area contributed by atoms with Gasteiger partial charge in [0.15, 0.2) is 4.90 Å². The predicted octanol–water partition coefficient (Wildman–Crippen LogP) is -0.500. The van der Waals surface area contributed by atoms with Crippen LogP contribution < -0.4 is 10.5 Å². The molecule has 0 radical (unpaired) electrons. The fourth-order valence-electron chi connectivity index (χ4n) is 1.34. The Kier molecular flexibility index (Phi) is 4.68. The number of nitrogens with zero attached hydrogens (tertiary/aromatic N) is 1. The van der Waals surface area contributed by atoms with E-state index in [1.807, 2.05) is 4.72 Å². The number of anilines is 1. The van der Waals surface area contributed by atoms with E-state index in [1.165, 1.54) is 6.07 Å². The highest BCUT2D eigenvalue weighted by Gasteiger charge is 2.25. The van der Waals surface area contributed by atoms with Gasteiger partial charge in [-0.3, -0.25) is 10.1 Å². The van der Waals surface area contributed by atoms with Crippen molar-refractivity contribution < 1.29 is 21.8 Å². The number of sulfone groups is 1. The minimum Gasteiger partial charge on any atom is -0.399 e. The molecule has 1 aromatic carbocycles. The van der Waals surface area contributed by atoms with Gasteiger partial charge in [0.05, 0.1) is 10.7 Å². The van der Waals surface area contributed by atoms with Crippen LogP contribution in [0, 0.1) is 10.1 Å².